The summed E-state index contributed by atoms with van der Waals surface area (Å²) in [5.74, 6) is 1.53. The lowest BCUT2D eigenvalue weighted by atomic mass is 10.1. The van der Waals surface area contributed by atoms with Gasteiger partial charge in [-0.1, -0.05) is 5.92 Å². The van der Waals surface area contributed by atoms with Crippen molar-refractivity contribution in [2.45, 2.75) is 45.7 Å². The highest BCUT2D eigenvalue weighted by atomic mass is 16.4. The van der Waals surface area contributed by atoms with Crippen LogP contribution in [0.5, 0.6) is 0 Å². The predicted octanol–water partition coefficient (Wildman–Crippen LogP) is 1.29. The van der Waals surface area contributed by atoms with Gasteiger partial charge >= 0.3 is 12.0 Å². The van der Waals surface area contributed by atoms with Crippen LogP contribution < -0.4 is 5.32 Å². The smallest absolute Gasteiger partial charge is 0.318 e. The number of carbonyl (C=O) groups is 2. The maximum Gasteiger partial charge on any atom is 0.318 e. The van der Waals surface area contributed by atoms with Crippen molar-refractivity contribution < 1.29 is 14.7 Å². The zero-order valence-electron chi connectivity index (χ0n) is 10.8. The minimum atomic E-state index is -0.931. The van der Waals surface area contributed by atoms with E-state index in [1.54, 1.807) is 13.8 Å². The Kier molecular flexibility index (Phi) is 5.52. The van der Waals surface area contributed by atoms with Gasteiger partial charge in [-0.3, -0.25) is 4.79 Å². The Bertz CT molecular complexity index is 329. The maximum atomic E-state index is 11.9. The zero-order valence-corrected chi connectivity index (χ0v) is 10.8. The summed E-state index contributed by atoms with van der Waals surface area (Å²) in [5.41, 5.74) is -0.743. The molecule has 0 saturated carbocycles. The molecular formula is C12H20N2O3. The molecule has 0 fully saturated rings. The fourth-order valence-electron chi connectivity index (χ4n) is 1.19. The first kappa shape index (κ1) is 15.3. The number of carboxylic acids is 1. The molecule has 17 heavy (non-hydrogen) atoms. The Morgan fingerprint density at radius 2 is 2.00 bits per heavy atom. The van der Waals surface area contributed by atoms with Crippen LogP contribution in [-0.2, 0) is 4.79 Å². The number of nitrogens with one attached hydrogen (secondary N) is 1. The molecule has 5 heteroatoms. The highest BCUT2D eigenvalue weighted by molar-refractivity contribution is 5.76. The molecule has 0 atom stereocenters. The summed E-state index contributed by atoms with van der Waals surface area (Å²) in [6.07, 6.45) is 5.19. The van der Waals surface area contributed by atoms with Crippen LogP contribution in [0.1, 0.15) is 34.1 Å². The van der Waals surface area contributed by atoms with Crippen molar-refractivity contribution >= 4 is 12.0 Å². The summed E-state index contributed by atoms with van der Waals surface area (Å²) >= 11 is 0. The van der Waals surface area contributed by atoms with Gasteiger partial charge in [-0.25, -0.2) is 4.79 Å². The quantitative estimate of drug-likeness (QED) is 0.711. The van der Waals surface area contributed by atoms with Crippen molar-refractivity contribution in [1.82, 2.24) is 10.2 Å². The van der Waals surface area contributed by atoms with Crippen molar-refractivity contribution in [2.24, 2.45) is 0 Å². The molecule has 0 aromatic carbocycles. The Balaban J connectivity index is 4.57. The largest absolute Gasteiger partial charge is 0.481 e. The van der Waals surface area contributed by atoms with Crippen LogP contribution >= 0.6 is 0 Å². The van der Waals surface area contributed by atoms with Gasteiger partial charge < -0.3 is 15.3 Å². The van der Waals surface area contributed by atoms with Crippen LogP contribution in [0.2, 0.25) is 0 Å². The average molecular weight is 240 g/mol. The summed E-state index contributed by atoms with van der Waals surface area (Å²) in [4.78, 5) is 23.8. The van der Waals surface area contributed by atoms with Crippen LogP contribution in [-0.4, -0.2) is 40.1 Å². The molecule has 96 valence electrons. The number of hydrogen-bond donors (Lipinski definition) is 2. The van der Waals surface area contributed by atoms with E-state index in [0.29, 0.717) is 0 Å². The third-order valence-corrected chi connectivity index (χ3v) is 2.23. The number of rotatable bonds is 5. The molecule has 0 heterocycles. The summed E-state index contributed by atoms with van der Waals surface area (Å²) in [7, 11) is 0. The minimum absolute atomic E-state index is 0.0806. The summed E-state index contributed by atoms with van der Waals surface area (Å²) in [5, 5.41) is 11.3. The fraction of sp³-hybridized carbons (Fsp3) is 0.667. The zero-order chi connectivity index (χ0) is 13.6. The molecule has 0 rings (SSSR count). The molecule has 2 amide bonds. The van der Waals surface area contributed by atoms with E-state index in [1.807, 2.05) is 13.8 Å². The van der Waals surface area contributed by atoms with Crippen LogP contribution in [0.3, 0.4) is 0 Å². The maximum absolute atomic E-state index is 11.9. The third kappa shape index (κ3) is 5.81. The highest BCUT2D eigenvalue weighted by Gasteiger charge is 2.23. The molecule has 0 aliphatic heterocycles. The molecule has 0 unspecified atom stereocenters. The van der Waals surface area contributed by atoms with Crippen molar-refractivity contribution in [2.75, 3.05) is 6.54 Å². The van der Waals surface area contributed by atoms with Gasteiger partial charge in [-0.05, 0) is 27.7 Å². The molecule has 0 spiro atoms. The molecule has 0 aliphatic rings. The van der Waals surface area contributed by atoms with E-state index in [1.165, 1.54) is 4.90 Å². The first-order valence-electron chi connectivity index (χ1n) is 5.48. The molecule has 0 aliphatic carbocycles. The molecule has 0 aromatic heterocycles. The number of carbonyl (C=O) groups excluding carboxylic acids is 1. The number of aliphatic carboxylic acids is 1. The number of carboxylic acid groups (broad SMARTS) is 1. The van der Waals surface area contributed by atoms with Gasteiger partial charge in [0.05, 0.1) is 12.0 Å². The SMILES string of the molecule is C#CC(C)(C)NC(=O)N(CCC(=O)O)C(C)C. The molecule has 0 bridgehead atoms. The molecular weight excluding hydrogens is 220 g/mol. The number of terminal acetylenes is 1. The molecule has 0 aromatic rings. The Morgan fingerprint density at radius 3 is 2.35 bits per heavy atom. The standard InChI is InChI=1S/C12H20N2O3/c1-6-12(4,5)13-11(17)14(9(2)3)8-7-10(15)16/h1,9H,7-8H2,2-5H3,(H,13,17)(H,15,16). The lowest BCUT2D eigenvalue weighted by molar-refractivity contribution is -0.137. The van der Waals surface area contributed by atoms with E-state index in [0.717, 1.165) is 0 Å². The number of hydrogen-bond acceptors (Lipinski definition) is 2. The van der Waals surface area contributed by atoms with E-state index in [-0.39, 0.29) is 25.0 Å². The van der Waals surface area contributed by atoms with Crippen LogP contribution in [0.15, 0.2) is 0 Å². The first-order chi connectivity index (χ1) is 7.69. The van der Waals surface area contributed by atoms with Crippen molar-refractivity contribution in [3.8, 4) is 12.3 Å². The van der Waals surface area contributed by atoms with Gasteiger partial charge in [-0.15, -0.1) is 6.42 Å². The summed E-state index contributed by atoms with van der Waals surface area (Å²) in [6, 6.07) is -0.424. The van der Waals surface area contributed by atoms with E-state index < -0.39 is 11.5 Å². The second kappa shape index (κ2) is 6.14. The van der Waals surface area contributed by atoms with E-state index >= 15 is 0 Å². The molecule has 2 N–H and O–H groups in total. The number of nitrogens with zero attached hydrogens (tertiary/aromatic N) is 1. The Hall–Kier alpha value is -1.70. The van der Waals surface area contributed by atoms with Gasteiger partial charge in [-0.2, -0.15) is 0 Å². The second-order valence-corrected chi connectivity index (χ2v) is 4.63. The lowest BCUT2D eigenvalue weighted by Gasteiger charge is -2.30. The van der Waals surface area contributed by atoms with Crippen molar-refractivity contribution in [3.63, 3.8) is 0 Å². The van der Waals surface area contributed by atoms with Crippen molar-refractivity contribution in [3.05, 3.63) is 0 Å². The fourth-order valence-corrected chi connectivity index (χ4v) is 1.19. The van der Waals surface area contributed by atoms with E-state index in [2.05, 4.69) is 11.2 Å². The average Bonchev–Trinajstić information content (AvgIpc) is 2.16. The van der Waals surface area contributed by atoms with Gasteiger partial charge in [0, 0.05) is 12.6 Å². The normalized spacial score (nSPS) is 10.8. The highest BCUT2D eigenvalue weighted by Crippen LogP contribution is 2.05. The second-order valence-electron chi connectivity index (χ2n) is 4.63. The third-order valence-electron chi connectivity index (χ3n) is 2.23. The topological polar surface area (TPSA) is 69.6 Å². The Labute approximate surface area is 102 Å². The van der Waals surface area contributed by atoms with Crippen molar-refractivity contribution in [1.29, 1.82) is 0 Å². The number of urea groups is 1. The van der Waals surface area contributed by atoms with Gasteiger partial charge in [0.25, 0.3) is 0 Å². The van der Waals surface area contributed by atoms with E-state index in [4.69, 9.17) is 11.5 Å². The molecule has 0 radical (unpaired) electrons. The van der Waals surface area contributed by atoms with Gasteiger partial charge in [0.2, 0.25) is 0 Å². The Morgan fingerprint density at radius 1 is 1.47 bits per heavy atom. The monoisotopic (exact) mass is 240 g/mol. The summed E-state index contributed by atoms with van der Waals surface area (Å²) < 4.78 is 0. The predicted molar refractivity (Wildman–Crippen MR) is 65.5 cm³/mol. The lowest BCUT2D eigenvalue weighted by Crippen LogP contribution is -2.51. The van der Waals surface area contributed by atoms with E-state index in [9.17, 15) is 9.59 Å². The molecule has 0 saturated heterocycles. The number of amides is 2. The van der Waals surface area contributed by atoms with Crippen LogP contribution in [0.4, 0.5) is 4.79 Å². The summed E-state index contributed by atoms with van der Waals surface area (Å²) in [6.45, 7) is 7.23. The van der Waals surface area contributed by atoms with Crippen LogP contribution in [0.25, 0.3) is 0 Å². The van der Waals surface area contributed by atoms with Crippen LogP contribution in [0, 0.1) is 12.3 Å². The molecule has 5 nitrogen and oxygen atoms in total. The van der Waals surface area contributed by atoms with Gasteiger partial charge in [0.15, 0.2) is 0 Å². The van der Waals surface area contributed by atoms with Gasteiger partial charge in [0.1, 0.15) is 0 Å². The first-order valence-corrected chi connectivity index (χ1v) is 5.48. The minimum Gasteiger partial charge on any atom is -0.481 e.